The van der Waals surface area contributed by atoms with Gasteiger partial charge in [-0.2, -0.15) is 0 Å². The lowest BCUT2D eigenvalue weighted by molar-refractivity contribution is 0.282. The molecule has 0 fully saturated rings. The van der Waals surface area contributed by atoms with E-state index in [1.807, 2.05) is 31.6 Å². The molecule has 0 spiro atoms. The molecule has 0 radical (unpaired) electrons. The first-order valence-corrected chi connectivity index (χ1v) is 6.87. The van der Waals surface area contributed by atoms with Crippen molar-refractivity contribution in [3.8, 4) is 0 Å². The highest BCUT2D eigenvalue weighted by Gasteiger charge is 2.10. The molecule has 1 heterocycles. The van der Waals surface area contributed by atoms with E-state index < -0.39 is 0 Å². The van der Waals surface area contributed by atoms with Crippen LogP contribution in [-0.2, 0) is 13.2 Å². The number of benzene rings is 1. The second-order valence-corrected chi connectivity index (χ2v) is 5.52. The van der Waals surface area contributed by atoms with Gasteiger partial charge in [-0.3, -0.25) is 0 Å². The van der Waals surface area contributed by atoms with Crippen molar-refractivity contribution >= 4 is 28.6 Å². The molecular formula is C13H15ClN2OS. The lowest BCUT2D eigenvalue weighted by Gasteiger charge is -2.21. The zero-order chi connectivity index (χ0) is 13.1. The highest BCUT2D eigenvalue weighted by molar-refractivity contribution is 7.09. The fourth-order valence-corrected chi connectivity index (χ4v) is 2.80. The van der Waals surface area contributed by atoms with E-state index >= 15 is 0 Å². The molecule has 3 nitrogen and oxygen atoms in total. The largest absolute Gasteiger partial charge is 0.392 e. The van der Waals surface area contributed by atoms with E-state index in [0.29, 0.717) is 5.02 Å². The van der Waals surface area contributed by atoms with Gasteiger partial charge in [-0.1, -0.05) is 17.7 Å². The predicted octanol–water partition coefficient (Wildman–Crippen LogP) is 3.23. The second-order valence-electron chi connectivity index (χ2n) is 4.15. The Kier molecular flexibility index (Phi) is 4.22. The maximum absolute atomic E-state index is 9.36. The highest BCUT2D eigenvalue weighted by Crippen LogP contribution is 2.26. The standard InChI is InChI=1S/C13H15ClN2OS/c1-9-13(18-8-15-9)6-16(2)12-5-11(14)4-3-10(12)7-17/h3-5,8,17H,6-7H2,1-2H3. The van der Waals surface area contributed by atoms with Crippen molar-refractivity contribution in [2.75, 3.05) is 11.9 Å². The number of hydrogen-bond acceptors (Lipinski definition) is 4. The molecule has 96 valence electrons. The highest BCUT2D eigenvalue weighted by atomic mass is 35.5. The van der Waals surface area contributed by atoms with Crippen LogP contribution in [0.25, 0.3) is 0 Å². The van der Waals surface area contributed by atoms with Crippen LogP contribution in [0.1, 0.15) is 16.1 Å². The zero-order valence-electron chi connectivity index (χ0n) is 10.4. The Morgan fingerprint density at radius 3 is 2.83 bits per heavy atom. The number of aryl methyl sites for hydroxylation is 1. The third-order valence-corrected chi connectivity index (χ3v) is 4.01. The first-order chi connectivity index (χ1) is 8.61. The van der Waals surface area contributed by atoms with Crippen LogP contribution in [0.3, 0.4) is 0 Å². The minimum atomic E-state index is 0.0124. The summed E-state index contributed by atoms with van der Waals surface area (Å²) in [5.41, 5.74) is 4.74. The van der Waals surface area contributed by atoms with E-state index in [9.17, 15) is 5.11 Å². The van der Waals surface area contributed by atoms with Crippen LogP contribution in [-0.4, -0.2) is 17.1 Å². The zero-order valence-corrected chi connectivity index (χ0v) is 11.9. The topological polar surface area (TPSA) is 36.4 Å². The van der Waals surface area contributed by atoms with Crippen LogP contribution in [0.15, 0.2) is 23.7 Å². The summed E-state index contributed by atoms with van der Waals surface area (Å²) in [6, 6.07) is 5.53. The molecule has 0 aliphatic heterocycles. The molecule has 5 heteroatoms. The van der Waals surface area contributed by atoms with Gasteiger partial charge in [0.1, 0.15) is 0 Å². The number of thiazole rings is 1. The van der Waals surface area contributed by atoms with Gasteiger partial charge in [0.05, 0.1) is 24.4 Å². The summed E-state index contributed by atoms with van der Waals surface area (Å²) in [6.45, 7) is 2.78. The molecule has 0 atom stereocenters. The Morgan fingerprint density at radius 2 is 2.22 bits per heavy atom. The van der Waals surface area contributed by atoms with Gasteiger partial charge < -0.3 is 10.0 Å². The monoisotopic (exact) mass is 282 g/mol. The Labute approximate surface area is 116 Å². The molecule has 0 amide bonds. The maximum atomic E-state index is 9.36. The van der Waals surface area contributed by atoms with Gasteiger partial charge in [0.15, 0.2) is 0 Å². The lowest BCUT2D eigenvalue weighted by atomic mass is 10.1. The average molecular weight is 283 g/mol. The van der Waals surface area contributed by atoms with E-state index in [-0.39, 0.29) is 6.61 Å². The van der Waals surface area contributed by atoms with Gasteiger partial charge in [0.25, 0.3) is 0 Å². The molecule has 2 aromatic rings. The minimum Gasteiger partial charge on any atom is -0.392 e. The van der Waals surface area contributed by atoms with Crippen LogP contribution in [0, 0.1) is 6.92 Å². The number of hydrogen-bond donors (Lipinski definition) is 1. The van der Waals surface area contributed by atoms with Crippen LogP contribution in [0.4, 0.5) is 5.69 Å². The summed E-state index contributed by atoms with van der Waals surface area (Å²) in [7, 11) is 1.99. The summed E-state index contributed by atoms with van der Waals surface area (Å²) >= 11 is 7.65. The van der Waals surface area contributed by atoms with Crippen LogP contribution in [0.5, 0.6) is 0 Å². The summed E-state index contributed by atoms with van der Waals surface area (Å²) in [5, 5.41) is 10.0. The van der Waals surface area contributed by atoms with Crippen molar-refractivity contribution < 1.29 is 5.11 Å². The van der Waals surface area contributed by atoms with Crippen molar-refractivity contribution in [1.29, 1.82) is 0 Å². The first kappa shape index (κ1) is 13.3. The quantitative estimate of drug-likeness (QED) is 0.935. The lowest BCUT2D eigenvalue weighted by Crippen LogP contribution is -2.18. The van der Waals surface area contributed by atoms with E-state index in [2.05, 4.69) is 9.88 Å². The number of aliphatic hydroxyl groups is 1. The summed E-state index contributed by atoms with van der Waals surface area (Å²) in [5.74, 6) is 0. The van der Waals surface area contributed by atoms with Gasteiger partial charge in [-0.15, -0.1) is 11.3 Å². The molecule has 1 N–H and O–H groups in total. The molecule has 1 aromatic heterocycles. The molecule has 0 saturated carbocycles. The summed E-state index contributed by atoms with van der Waals surface area (Å²) < 4.78 is 0. The summed E-state index contributed by atoms with van der Waals surface area (Å²) in [4.78, 5) is 7.54. The van der Waals surface area contributed by atoms with Crippen LogP contribution >= 0.6 is 22.9 Å². The van der Waals surface area contributed by atoms with E-state index in [0.717, 1.165) is 23.5 Å². The van der Waals surface area contributed by atoms with Crippen LogP contribution < -0.4 is 4.90 Å². The second kappa shape index (κ2) is 5.69. The van der Waals surface area contributed by atoms with Gasteiger partial charge in [-0.25, -0.2) is 4.98 Å². The van der Waals surface area contributed by atoms with Gasteiger partial charge in [0.2, 0.25) is 0 Å². The molecule has 0 aliphatic rings. The Bertz CT molecular complexity index is 542. The van der Waals surface area contributed by atoms with E-state index in [4.69, 9.17) is 11.6 Å². The maximum Gasteiger partial charge on any atom is 0.0798 e. The Balaban J connectivity index is 2.25. The first-order valence-electron chi connectivity index (χ1n) is 5.61. The Hall–Kier alpha value is -1.10. The molecule has 0 saturated heterocycles. The number of aromatic nitrogens is 1. The molecular weight excluding hydrogens is 268 g/mol. The van der Waals surface area contributed by atoms with Gasteiger partial charge in [-0.05, 0) is 19.1 Å². The van der Waals surface area contributed by atoms with Crippen molar-refractivity contribution in [1.82, 2.24) is 4.98 Å². The van der Waals surface area contributed by atoms with Crippen molar-refractivity contribution in [2.45, 2.75) is 20.1 Å². The molecule has 0 aliphatic carbocycles. The fourth-order valence-electron chi connectivity index (χ4n) is 1.80. The van der Waals surface area contributed by atoms with Crippen molar-refractivity contribution in [2.24, 2.45) is 0 Å². The molecule has 0 bridgehead atoms. The van der Waals surface area contributed by atoms with Gasteiger partial charge in [0, 0.05) is 28.2 Å². The summed E-state index contributed by atoms with van der Waals surface area (Å²) in [6.07, 6.45) is 0. The molecule has 18 heavy (non-hydrogen) atoms. The van der Waals surface area contributed by atoms with E-state index in [1.54, 1.807) is 17.4 Å². The normalized spacial score (nSPS) is 10.7. The number of rotatable bonds is 4. The molecule has 0 unspecified atom stereocenters. The molecule has 2 rings (SSSR count). The number of nitrogens with zero attached hydrogens (tertiary/aromatic N) is 2. The third kappa shape index (κ3) is 2.83. The minimum absolute atomic E-state index is 0.0124. The Morgan fingerprint density at radius 1 is 1.44 bits per heavy atom. The smallest absolute Gasteiger partial charge is 0.0798 e. The van der Waals surface area contributed by atoms with E-state index in [1.165, 1.54) is 4.88 Å². The van der Waals surface area contributed by atoms with Crippen molar-refractivity contribution in [3.63, 3.8) is 0 Å². The van der Waals surface area contributed by atoms with Crippen LogP contribution in [0.2, 0.25) is 5.02 Å². The van der Waals surface area contributed by atoms with Gasteiger partial charge >= 0.3 is 0 Å². The fraction of sp³-hybridized carbons (Fsp3) is 0.308. The number of aliphatic hydroxyl groups excluding tert-OH is 1. The number of anilines is 1. The average Bonchev–Trinajstić information content (AvgIpc) is 2.75. The molecule has 1 aromatic carbocycles. The SMILES string of the molecule is Cc1ncsc1CN(C)c1cc(Cl)ccc1CO. The van der Waals surface area contributed by atoms with Crippen molar-refractivity contribution in [3.05, 3.63) is 44.9 Å². The number of halogens is 1. The third-order valence-electron chi connectivity index (χ3n) is 2.85. The predicted molar refractivity (Wildman–Crippen MR) is 76.3 cm³/mol.